The van der Waals surface area contributed by atoms with Gasteiger partial charge in [0, 0.05) is 25.8 Å². The van der Waals surface area contributed by atoms with Gasteiger partial charge in [0.1, 0.15) is 0 Å². The molecule has 0 aliphatic carbocycles. The van der Waals surface area contributed by atoms with E-state index in [0.717, 1.165) is 18.5 Å². The lowest BCUT2D eigenvalue weighted by molar-refractivity contribution is -0.122. The molecule has 1 aromatic heterocycles. The third kappa shape index (κ3) is 3.89. The Balaban J connectivity index is 1.78. The van der Waals surface area contributed by atoms with Gasteiger partial charge in [0.2, 0.25) is 5.91 Å². The second kappa shape index (κ2) is 7.40. The van der Waals surface area contributed by atoms with Gasteiger partial charge in [-0.15, -0.1) is 5.10 Å². The summed E-state index contributed by atoms with van der Waals surface area (Å²) in [5.74, 6) is -0.320. The highest BCUT2D eigenvalue weighted by Gasteiger charge is 2.17. The van der Waals surface area contributed by atoms with E-state index in [1.807, 2.05) is 30.3 Å². The largest absolute Gasteiger partial charge is 0.355 e. The average molecular weight is 273 g/mol. The van der Waals surface area contributed by atoms with E-state index in [2.05, 4.69) is 15.6 Å². The Bertz CT molecular complexity index is 512. The van der Waals surface area contributed by atoms with E-state index < -0.39 is 0 Å². The number of nitrogens with one attached hydrogen (secondary N) is 1. The van der Waals surface area contributed by atoms with Crippen LogP contribution < -0.4 is 11.1 Å². The molecule has 106 valence electrons. The van der Waals surface area contributed by atoms with Crippen LogP contribution >= 0.6 is 0 Å². The molecule has 20 heavy (non-hydrogen) atoms. The molecule has 0 saturated heterocycles. The van der Waals surface area contributed by atoms with Gasteiger partial charge in [0.15, 0.2) is 0 Å². The smallest absolute Gasteiger partial charge is 0.228 e. The van der Waals surface area contributed by atoms with Crippen molar-refractivity contribution in [3.05, 3.63) is 48.3 Å². The first-order valence-corrected chi connectivity index (χ1v) is 6.68. The fraction of sp³-hybridized carbons (Fsp3) is 0.357. The SMILES string of the molecule is NCC(C(=O)NCCCn1ccnn1)c1ccccc1. The number of hydrogen-bond acceptors (Lipinski definition) is 4. The van der Waals surface area contributed by atoms with Crippen LogP contribution in [0.25, 0.3) is 0 Å². The number of nitrogens with two attached hydrogens (primary N) is 1. The van der Waals surface area contributed by atoms with E-state index in [9.17, 15) is 4.79 Å². The lowest BCUT2D eigenvalue weighted by Crippen LogP contribution is -2.34. The van der Waals surface area contributed by atoms with Crippen molar-refractivity contribution in [2.75, 3.05) is 13.1 Å². The molecule has 0 saturated carbocycles. The number of rotatable bonds is 7. The minimum atomic E-state index is -0.289. The number of amides is 1. The molecule has 0 aliphatic rings. The second-order valence-electron chi connectivity index (χ2n) is 4.51. The standard InChI is InChI=1S/C14H19N5O/c15-11-13(12-5-2-1-3-6-12)14(20)16-7-4-9-19-10-8-17-18-19/h1-3,5-6,8,10,13H,4,7,9,11,15H2,(H,16,20). The topological polar surface area (TPSA) is 85.8 Å². The number of hydrogen-bond donors (Lipinski definition) is 2. The molecule has 1 heterocycles. The molecular weight excluding hydrogens is 254 g/mol. The van der Waals surface area contributed by atoms with Crippen LogP contribution in [0, 0.1) is 0 Å². The molecule has 0 bridgehead atoms. The molecule has 1 amide bonds. The molecule has 0 spiro atoms. The van der Waals surface area contributed by atoms with E-state index in [0.29, 0.717) is 13.1 Å². The Labute approximate surface area is 118 Å². The van der Waals surface area contributed by atoms with Crippen molar-refractivity contribution in [3.63, 3.8) is 0 Å². The Morgan fingerprint density at radius 3 is 2.80 bits per heavy atom. The summed E-state index contributed by atoms with van der Waals surface area (Å²) in [5.41, 5.74) is 6.65. The lowest BCUT2D eigenvalue weighted by Gasteiger charge is -2.15. The van der Waals surface area contributed by atoms with Crippen molar-refractivity contribution >= 4 is 5.91 Å². The summed E-state index contributed by atoms with van der Waals surface area (Å²) >= 11 is 0. The zero-order valence-corrected chi connectivity index (χ0v) is 11.3. The molecule has 6 heteroatoms. The highest BCUT2D eigenvalue weighted by molar-refractivity contribution is 5.83. The highest BCUT2D eigenvalue weighted by atomic mass is 16.1. The molecule has 6 nitrogen and oxygen atoms in total. The van der Waals surface area contributed by atoms with Crippen LogP contribution in [0.5, 0.6) is 0 Å². The van der Waals surface area contributed by atoms with E-state index >= 15 is 0 Å². The summed E-state index contributed by atoms with van der Waals surface area (Å²) in [6, 6.07) is 9.60. The Kier molecular flexibility index (Phi) is 5.25. The van der Waals surface area contributed by atoms with Gasteiger partial charge in [-0.2, -0.15) is 0 Å². The summed E-state index contributed by atoms with van der Waals surface area (Å²) < 4.78 is 1.74. The van der Waals surface area contributed by atoms with E-state index in [4.69, 9.17) is 5.73 Å². The molecule has 2 rings (SSSR count). The van der Waals surface area contributed by atoms with Gasteiger partial charge < -0.3 is 11.1 Å². The predicted octanol–water partition coefficient (Wildman–Crippen LogP) is 0.527. The van der Waals surface area contributed by atoms with Crippen molar-refractivity contribution in [2.45, 2.75) is 18.9 Å². The summed E-state index contributed by atoms with van der Waals surface area (Å²) in [6.07, 6.45) is 4.24. The van der Waals surface area contributed by atoms with Crippen LogP contribution in [0.3, 0.4) is 0 Å². The van der Waals surface area contributed by atoms with Gasteiger partial charge in [-0.25, -0.2) is 0 Å². The molecule has 1 atom stereocenters. The maximum atomic E-state index is 12.1. The zero-order chi connectivity index (χ0) is 14.2. The molecular formula is C14H19N5O. The molecule has 1 unspecified atom stereocenters. The Morgan fingerprint density at radius 1 is 1.35 bits per heavy atom. The van der Waals surface area contributed by atoms with E-state index in [-0.39, 0.29) is 11.8 Å². The van der Waals surface area contributed by atoms with Gasteiger partial charge >= 0.3 is 0 Å². The fourth-order valence-electron chi connectivity index (χ4n) is 2.01. The number of aryl methyl sites for hydroxylation is 1. The van der Waals surface area contributed by atoms with Crippen molar-refractivity contribution in [2.24, 2.45) is 5.73 Å². The Morgan fingerprint density at radius 2 is 2.15 bits per heavy atom. The highest BCUT2D eigenvalue weighted by Crippen LogP contribution is 2.13. The molecule has 1 aromatic carbocycles. The van der Waals surface area contributed by atoms with E-state index in [1.165, 1.54) is 0 Å². The number of benzene rings is 1. The van der Waals surface area contributed by atoms with Crippen molar-refractivity contribution in [1.29, 1.82) is 0 Å². The summed E-state index contributed by atoms with van der Waals surface area (Å²) in [5, 5.41) is 10.5. The maximum absolute atomic E-state index is 12.1. The fourth-order valence-corrected chi connectivity index (χ4v) is 2.01. The summed E-state index contributed by atoms with van der Waals surface area (Å²) in [7, 11) is 0. The average Bonchev–Trinajstić information content (AvgIpc) is 2.99. The van der Waals surface area contributed by atoms with E-state index in [1.54, 1.807) is 17.1 Å². The third-order valence-corrected chi connectivity index (χ3v) is 3.09. The minimum Gasteiger partial charge on any atom is -0.355 e. The van der Waals surface area contributed by atoms with Crippen LogP contribution in [0.4, 0.5) is 0 Å². The first kappa shape index (κ1) is 14.2. The van der Waals surface area contributed by atoms with Crippen LogP contribution in [-0.2, 0) is 11.3 Å². The van der Waals surface area contributed by atoms with Gasteiger partial charge in [0.05, 0.1) is 12.1 Å². The predicted molar refractivity (Wildman–Crippen MR) is 75.9 cm³/mol. The first-order chi connectivity index (χ1) is 9.81. The normalized spacial score (nSPS) is 12.1. The molecule has 0 fully saturated rings. The number of carbonyl (C=O) groups is 1. The zero-order valence-electron chi connectivity index (χ0n) is 11.3. The Hall–Kier alpha value is -2.21. The van der Waals surface area contributed by atoms with Crippen LogP contribution in [0.2, 0.25) is 0 Å². The van der Waals surface area contributed by atoms with Gasteiger partial charge in [-0.05, 0) is 12.0 Å². The number of nitrogens with zero attached hydrogens (tertiary/aromatic N) is 3. The molecule has 0 radical (unpaired) electrons. The minimum absolute atomic E-state index is 0.0303. The number of aromatic nitrogens is 3. The van der Waals surface area contributed by atoms with Crippen molar-refractivity contribution < 1.29 is 4.79 Å². The quantitative estimate of drug-likeness (QED) is 0.720. The van der Waals surface area contributed by atoms with Crippen LogP contribution in [0.15, 0.2) is 42.7 Å². The summed E-state index contributed by atoms with van der Waals surface area (Å²) in [4.78, 5) is 12.1. The van der Waals surface area contributed by atoms with Crippen LogP contribution in [-0.4, -0.2) is 34.0 Å². The monoisotopic (exact) mass is 273 g/mol. The van der Waals surface area contributed by atoms with Crippen molar-refractivity contribution in [3.8, 4) is 0 Å². The van der Waals surface area contributed by atoms with Crippen molar-refractivity contribution in [1.82, 2.24) is 20.3 Å². The van der Waals surface area contributed by atoms with Gasteiger partial charge in [-0.3, -0.25) is 9.48 Å². The maximum Gasteiger partial charge on any atom is 0.228 e. The molecule has 2 aromatic rings. The summed E-state index contributed by atoms with van der Waals surface area (Å²) in [6.45, 7) is 1.64. The second-order valence-corrected chi connectivity index (χ2v) is 4.51. The van der Waals surface area contributed by atoms with Crippen LogP contribution in [0.1, 0.15) is 17.9 Å². The van der Waals surface area contributed by atoms with Gasteiger partial charge in [0.25, 0.3) is 0 Å². The van der Waals surface area contributed by atoms with Gasteiger partial charge in [-0.1, -0.05) is 35.5 Å². The molecule has 3 N–H and O–H groups in total. The lowest BCUT2D eigenvalue weighted by atomic mass is 9.98. The third-order valence-electron chi connectivity index (χ3n) is 3.09. The molecule has 0 aliphatic heterocycles. The first-order valence-electron chi connectivity index (χ1n) is 6.68. The number of carbonyl (C=O) groups excluding carboxylic acids is 1.